The Morgan fingerprint density at radius 3 is 2.36 bits per heavy atom. The van der Waals surface area contributed by atoms with Crippen LogP contribution in [0.3, 0.4) is 0 Å². The van der Waals surface area contributed by atoms with Gasteiger partial charge >= 0.3 is 5.97 Å². The summed E-state index contributed by atoms with van der Waals surface area (Å²) < 4.78 is 45.3. The van der Waals surface area contributed by atoms with Crippen LogP contribution in [0.5, 0.6) is 11.5 Å². The van der Waals surface area contributed by atoms with Crippen LogP contribution < -0.4 is 9.47 Å². The molecular weight excluding hydrogens is 544 g/mol. The van der Waals surface area contributed by atoms with Gasteiger partial charge in [0.15, 0.2) is 17.3 Å². The summed E-state index contributed by atoms with van der Waals surface area (Å²) in [7, 11) is 1.49. The number of carbonyl (C=O) groups is 2. The first-order valence-corrected chi connectivity index (χ1v) is 13.0. The van der Waals surface area contributed by atoms with Crippen molar-refractivity contribution in [2.75, 3.05) is 7.11 Å². The molecule has 0 radical (unpaired) electrons. The molecule has 4 rings (SSSR count). The van der Waals surface area contributed by atoms with Crippen molar-refractivity contribution in [3.05, 3.63) is 119 Å². The quantitative estimate of drug-likeness (QED) is 0.180. The third-order valence-electron chi connectivity index (χ3n) is 6.69. The van der Waals surface area contributed by atoms with Gasteiger partial charge < -0.3 is 24.2 Å². The Kier molecular flexibility index (Phi) is 9.61. The number of terminal acetylenes is 1. The molecule has 1 N–H and O–H groups in total. The number of hydrogen-bond donors (Lipinski definition) is 1. The number of carboxylic acid groups (broad SMARTS) is 1. The Labute approximate surface area is 242 Å². The van der Waals surface area contributed by atoms with E-state index in [1.54, 1.807) is 42.5 Å². The summed E-state index contributed by atoms with van der Waals surface area (Å²) >= 11 is 0. The maximum absolute atomic E-state index is 14.7. The number of benzene rings is 3. The van der Waals surface area contributed by atoms with Crippen molar-refractivity contribution < 1.29 is 37.7 Å². The van der Waals surface area contributed by atoms with Crippen LogP contribution in [-0.4, -0.2) is 35.0 Å². The van der Waals surface area contributed by atoms with Crippen LogP contribution in [0.15, 0.2) is 96.3 Å². The minimum Gasteiger partial charge on any atom is -0.493 e. The molecule has 3 aromatic carbocycles. The average Bonchev–Trinajstić information content (AvgIpc) is 2.99. The lowest BCUT2D eigenvalue weighted by atomic mass is 9.91. The van der Waals surface area contributed by atoms with E-state index in [-0.39, 0.29) is 19.6 Å². The number of hydrogen-bond acceptors (Lipinski definition) is 5. The van der Waals surface area contributed by atoms with Gasteiger partial charge in [0.2, 0.25) is 11.9 Å². The molecule has 0 aromatic heterocycles. The lowest BCUT2D eigenvalue weighted by Gasteiger charge is -2.37. The van der Waals surface area contributed by atoms with Gasteiger partial charge in [-0.3, -0.25) is 4.79 Å². The molecule has 0 spiro atoms. The highest BCUT2D eigenvalue weighted by Crippen LogP contribution is 2.40. The van der Waals surface area contributed by atoms with E-state index in [1.165, 1.54) is 7.11 Å². The van der Waals surface area contributed by atoms with E-state index in [4.69, 9.17) is 20.6 Å². The lowest BCUT2D eigenvalue weighted by molar-refractivity contribution is -0.156. The van der Waals surface area contributed by atoms with Gasteiger partial charge in [0, 0.05) is 30.2 Å². The summed E-state index contributed by atoms with van der Waals surface area (Å²) in [5.41, 5.74) is 2.45. The fraction of sp³-hybridized carbons (Fsp3) is 0.212. The number of amides is 1. The number of aliphatic carboxylic acids is 1. The van der Waals surface area contributed by atoms with Gasteiger partial charge in [-0.2, -0.15) is 0 Å². The van der Waals surface area contributed by atoms with Crippen molar-refractivity contribution in [2.45, 2.75) is 38.6 Å². The van der Waals surface area contributed by atoms with E-state index in [2.05, 4.69) is 0 Å². The zero-order valence-corrected chi connectivity index (χ0v) is 23.1. The maximum atomic E-state index is 14.7. The predicted octanol–water partition coefficient (Wildman–Crippen LogP) is 6.06. The van der Waals surface area contributed by atoms with Crippen molar-refractivity contribution in [2.24, 2.45) is 0 Å². The van der Waals surface area contributed by atoms with E-state index >= 15 is 0 Å². The summed E-state index contributed by atoms with van der Waals surface area (Å²) in [4.78, 5) is 27.7. The van der Waals surface area contributed by atoms with Crippen LogP contribution in [0.4, 0.5) is 8.78 Å². The summed E-state index contributed by atoms with van der Waals surface area (Å²) in [6.07, 6.45) is 4.39. The van der Waals surface area contributed by atoms with Gasteiger partial charge in [-0.05, 0) is 30.0 Å². The van der Waals surface area contributed by atoms with Gasteiger partial charge in [-0.1, -0.05) is 66.7 Å². The number of halogens is 2. The predicted molar refractivity (Wildman–Crippen MR) is 152 cm³/mol. The van der Waals surface area contributed by atoms with Crippen LogP contribution in [0.1, 0.15) is 35.3 Å². The van der Waals surface area contributed by atoms with Gasteiger partial charge in [-0.15, -0.1) is 6.42 Å². The zero-order valence-electron chi connectivity index (χ0n) is 23.1. The molecule has 0 saturated heterocycles. The average molecular weight is 574 g/mol. The summed E-state index contributed by atoms with van der Waals surface area (Å²) in [6.45, 7) is 1.14. The van der Waals surface area contributed by atoms with Crippen molar-refractivity contribution in [3.63, 3.8) is 0 Å². The fourth-order valence-electron chi connectivity index (χ4n) is 4.67. The molecule has 42 heavy (non-hydrogen) atoms. The lowest BCUT2D eigenvalue weighted by Crippen LogP contribution is -2.50. The van der Waals surface area contributed by atoms with E-state index in [0.717, 1.165) is 17.4 Å². The van der Waals surface area contributed by atoms with Crippen LogP contribution in [-0.2, 0) is 33.9 Å². The second-order valence-corrected chi connectivity index (χ2v) is 9.49. The van der Waals surface area contributed by atoms with E-state index < -0.39 is 41.4 Å². The van der Waals surface area contributed by atoms with Crippen LogP contribution >= 0.6 is 0 Å². The molecule has 0 saturated carbocycles. The topological polar surface area (TPSA) is 85.3 Å². The molecule has 9 heteroatoms. The Balaban J connectivity index is 1.72. The standard InChI is InChI=1S/C33H29F2NO6/c1-4-28(26(35)17-21(2)34)42-30(23-13-9-6-10-14-23)32(37)36-19-24-15-16-29(40-3)31(25(24)18-27(36)33(38)39)41-20-22-11-7-5-8-12-22/h1,5-17,27,30H,18-20H2,2-3H3,(H,38,39)/b21-17+,28-26-/t27-,30-/m0/s1. The molecular formula is C33H29F2NO6. The normalized spacial score (nSPS) is 15.9. The van der Waals surface area contributed by atoms with Crippen molar-refractivity contribution >= 4 is 11.9 Å². The fourth-order valence-corrected chi connectivity index (χ4v) is 4.67. The van der Waals surface area contributed by atoms with Crippen molar-refractivity contribution in [3.8, 4) is 23.8 Å². The van der Waals surface area contributed by atoms with Crippen LogP contribution in [0, 0.1) is 12.3 Å². The zero-order chi connectivity index (χ0) is 30.2. The largest absolute Gasteiger partial charge is 0.493 e. The van der Waals surface area contributed by atoms with Gasteiger partial charge in [-0.25, -0.2) is 13.6 Å². The number of ether oxygens (including phenoxy) is 3. The maximum Gasteiger partial charge on any atom is 0.326 e. The summed E-state index contributed by atoms with van der Waals surface area (Å²) in [5.74, 6) is -1.92. The number of nitrogens with zero attached hydrogens (tertiary/aromatic N) is 1. The molecule has 0 unspecified atom stereocenters. The first-order valence-electron chi connectivity index (χ1n) is 13.0. The third-order valence-corrected chi connectivity index (χ3v) is 6.69. The summed E-state index contributed by atoms with van der Waals surface area (Å²) in [5, 5.41) is 10.2. The Morgan fingerprint density at radius 2 is 1.76 bits per heavy atom. The smallest absolute Gasteiger partial charge is 0.326 e. The number of allylic oxidation sites excluding steroid dienone is 4. The number of carbonyl (C=O) groups excluding carboxylic acids is 1. The van der Waals surface area contributed by atoms with Crippen molar-refractivity contribution in [1.29, 1.82) is 0 Å². The molecule has 0 aliphatic carbocycles. The van der Waals surface area contributed by atoms with Gasteiger partial charge in [0.25, 0.3) is 5.91 Å². The molecule has 1 aliphatic rings. The highest BCUT2D eigenvalue weighted by atomic mass is 19.1. The number of carboxylic acids is 1. The SMILES string of the molecule is C#C/C(O[C@H](C(=O)N1Cc2ccc(OC)c(OCc3ccccc3)c2C[C@H]1C(=O)O)c1ccccc1)=C(F)\C=C(/C)F. The number of fused-ring (bicyclic) bond motifs is 1. The molecule has 1 heterocycles. The Bertz CT molecular complexity index is 1540. The van der Waals surface area contributed by atoms with Crippen molar-refractivity contribution in [1.82, 2.24) is 4.90 Å². The molecule has 3 aromatic rings. The highest BCUT2D eigenvalue weighted by molar-refractivity contribution is 5.88. The first kappa shape index (κ1) is 29.9. The van der Waals surface area contributed by atoms with Gasteiger partial charge in [0.05, 0.1) is 12.9 Å². The minimum atomic E-state index is -1.51. The summed E-state index contributed by atoms with van der Waals surface area (Å²) in [6, 6.07) is 19.7. The highest BCUT2D eigenvalue weighted by Gasteiger charge is 2.40. The molecule has 0 bridgehead atoms. The molecule has 1 aliphatic heterocycles. The minimum absolute atomic E-state index is 0.0881. The van der Waals surface area contributed by atoms with E-state index in [0.29, 0.717) is 34.3 Å². The van der Waals surface area contributed by atoms with E-state index in [9.17, 15) is 23.5 Å². The van der Waals surface area contributed by atoms with E-state index in [1.807, 2.05) is 36.3 Å². The number of rotatable bonds is 10. The molecule has 1 amide bonds. The molecule has 0 fully saturated rings. The monoisotopic (exact) mass is 573 g/mol. The van der Waals surface area contributed by atoms with Crippen LogP contribution in [0.2, 0.25) is 0 Å². The number of methoxy groups -OCH3 is 1. The first-order chi connectivity index (χ1) is 20.2. The second kappa shape index (κ2) is 13.5. The molecule has 7 nitrogen and oxygen atoms in total. The Morgan fingerprint density at radius 1 is 1.10 bits per heavy atom. The molecule has 2 atom stereocenters. The second-order valence-electron chi connectivity index (χ2n) is 9.49. The Hall–Kier alpha value is -5.10. The molecule has 216 valence electrons. The van der Waals surface area contributed by atoms with Gasteiger partial charge in [0.1, 0.15) is 12.6 Å². The third kappa shape index (κ3) is 6.78. The van der Waals surface area contributed by atoms with Crippen LogP contribution in [0.25, 0.3) is 0 Å².